The van der Waals surface area contributed by atoms with Crippen LogP contribution in [-0.4, -0.2) is 32.7 Å². The van der Waals surface area contributed by atoms with Gasteiger partial charge in [-0.3, -0.25) is 9.48 Å². The zero-order valence-electron chi connectivity index (χ0n) is 10.8. The summed E-state index contributed by atoms with van der Waals surface area (Å²) in [6.07, 6.45) is 3.96. The molecule has 19 heavy (non-hydrogen) atoms. The number of ether oxygens (including phenoxy) is 1. The van der Waals surface area contributed by atoms with Crippen molar-refractivity contribution in [1.29, 1.82) is 0 Å². The molecule has 102 valence electrons. The molecule has 0 bridgehead atoms. The third kappa shape index (κ3) is 3.41. The molecule has 2 heterocycles. The molecule has 2 aromatic rings. The maximum absolute atomic E-state index is 11.8. The van der Waals surface area contributed by atoms with Gasteiger partial charge >= 0.3 is 0 Å². The van der Waals surface area contributed by atoms with Crippen LogP contribution in [0, 0.1) is 0 Å². The van der Waals surface area contributed by atoms with Crippen LogP contribution in [0.4, 0.5) is 0 Å². The minimum absolute atomic E-state index is 0.184. The zero-order valence-corrected chi connectivity index (χ0v) is 10.8. The van der Waals surface area contributed by atoms with Crippen LogP contribution >= 0.6 is 0 Å². The molecule has 2 rings (SSSR count). The molecule has 0 fully saturated rings. The standard InChI is InChI=1S/C12H17N5O2/c1-16-10(2-5-14-16)3-6-17-12(18)8-11(9-15-17)19-7-4-13/h2,5,8-9H,3-4,6-7,13H2,1H3. The largest absolute Gasteiger partial charge is 0.490 e. The molecule has 0 radical (unpaired) electrons. The van der Waals surface area contributed by atoms with Crippen LogP contribution in [0.3, 0.4) is 0 Å². The molecule has 0 aliphatic heterocycles. The Morgan fingerprint density at radius 1 is 1.42 bits per heavy atom. The summed E-state index contributed by atoms with van der Waals surface area (Å²) in [6.45, 7) is 1.29. The molecule has 0 amide bonds. The molecule has 7 heteroatoms. The van der Waals surface area contributed by atoms with Crippen LogP contribution in [-0.2, 0) is 20.0 Å². The van der Waals surface area contributed by atoms with Crippen molar-refractivity contribution in [3.63, 3.8) is 0 Å². The lowest BCUT2D eigenvalue weighted by Gasteiger charge is -2.07. The molecule has 0 atom stereocenters. The summed E-state index contributed by atoms with van der Waals surface area (Å²) in [6, 6.07) is 3.34. The average Bonchev–Trinajstić information content (AvgIpc) is 2.81. The van der Waals surface area contributed by atoms with Crippen molar-refractivity contribution >= 4 is 0 Å². The molecule has 0 spiro atoms. The molecular weight excluding hydrogens is 246 g/mol. The number of aryl methyl sites for hydroxylation is 3. The predicted octanol–water partition coefficient (Wildman–Crippen LogP) is -0.443. The molecule has 7 nitrogen and oxygen atoms in total. The van der Waals surface area contributed by atoms with Gasteiger partial charge in [-0.1, -0.05) is 0 Å². The van der Waals surface area contributed by atoms with E-state index in [9.17, 15) is 4.79 Å². The number of rotatable bonds is 6. The van der Waals surface area contributed by atoms with Gasteiger partial charge in [-0.2, -0.15) is 10.2 Å². The van der Waals surface area contributed by atoms with Crippen molar-refractivity contribution in [2.75, 3.05) is 13.2 Å². The smallest absolute Gasteiger partial charge is 0.270 e. The number of hydrogen-bond acceptors (Lipinski definition) is 5. The van der Waals surface area contributed by atoms with Gasteiger partial charge in [0.15, 0.2) is 0 Å². The van der Waals surface area contributed by atoms with Crippen molar-refractivity contribution in [3.8, 4) is 5.75 Å². The average molecular weight is 263 g/mol. The Labute approximate surface area is 110 Å². The van der Waals surface area contributed by atoms with Gasteiger partial charge in [-0.05, 0) is 6.07 Å². The Morgan fingerprint density at radius 2 is 2.26 bits per heavy atom. The van der Waals surface area contributed by atoms with Crippen molar-refractivity contribution in [1.82, 2.24) is 19.6 Å². The van der Waals surface area contributed by atoms with Crippen LogP contribution in [0.2, 0.25) is 0 Å². The van der Waals surface area contributed by atoms with Crippen LogP contribution in [0.5, 0.6) is 5.75 Å². The van der Waals surface area contributed by atoms with Crippen LogP contribution in [0.1, 0.15) is 5.69 Å². The highest BCUT2D eigenvalue weighted by Gasteiger charge is 2.03. The monoisotopic (exact) mass is 263 g/mol. The Morgan fingerprint density at radius 3 is 2.89 bits per heavy atom. The normalized spacial score (nSPS) is 10.6. The van der Waals surface area contributed by atoms with Gasteiger partial charge in [0.1, 0.15) is 12.4 Å². The lowest BCUT2D eigenvalue weighted by Crippen LogP contribution is -2.24. The number of hydrogen-bond donors (Lipinski definition) is 1. The van der Waals surface area contributed by atoms with E-state index >= 15 is 0 Å². The van der Waals surface area contributed by atoms with Gasteiger partial charge in [-0.25, -0.2) is 4.68 Å². The highest BCUT2D eigenvalue weighted by atomic mass is 16.5. The summed E-state index contributed by atoms with van der Waals surface area (Å²) in [5.41, 5.74) is 6.19. The second kappa shape index (κ2) is 6.14. The second-order valence-electron chi connectivity index (χ2n) is 4.09. The van der Waals surface area contributed by atoms with Crippen molar-refractivity contribution in [2.45, 2.75) is 13.0 Å². The molecule has 0 saturated heterocycles. The fourth-order valence-electron chi connectivity index (χ4n) is 1.71. The van der Waals surface area contributed by atoms with E-state index < -0.39 is 0 Å². The van der Waals surface area contributed by atoms with Crippen molar-refractivity contribution < 1.29 is 4.74 Å². The van der Waals surface area contributed by atoms with E-state index in [1.165, 1.54) is 16.9 Å². The SMILES string of the molecule is Cn1nccc1CCn1ncc(OCCN)cc1=O. The third-order valence-corrected chi connectivity index (χ3v) is 2.73. The van der Waals surface area contributed by atoms with E-state index in [0.29, 0.717) is 31.9 Å². The third-order valence-electron chi connectivity index (χ3n) is 2.73. The highest BCUT2D eigenvalue weighted by Crippen LogP contribution is 2.03. The van der Waals surface area contributed by atoms with E-state index in [1.54, 1.807) is 10.9 Å². The summed E-state index contributed by atoms with van der Waals surface area (Å²) in [4.78, 5) is 11.8. The zero-order chi connectivity index (χ0) is 13.7. The van der Waals surface area contributed by atoms with Crippen LogP contribution in [0.25, 0.3) is 0 Å². The molecule has 0 aliphatic carbocycles. The first kappa shape index (κ1) is 13.3. The minimum Gasteiger partial charge on any atom is -0.490 e. The fourth-order valence-corrected chi connectivity index (χ4v) is 1.71. The van der Waals surface area contributed by atoms with E-state index in [-0.39, 0.29) is 5.56 Å². The maximum atomic E-state index is 11.8. The summed E-state index contributed by atoms with van der Waals surface area (Å²) in [5.74, 6) is 0.451. The first-order valence-corrected chi connectivity index (χ1v) is 6.07. The fraction of sp³-hybridized carbons (Fsp3) is 0.417. The predicted molar refractivity (Wildman–Crippen MR) is 70.0 cm³/mol. The van der Waals surface area contributed by atoms with Gasteiger partial charge in [0.25, 0.3) is 5.56 Å². The maximum Gasteiger partial charge on any atom is 0.270 e. The van der Waals surface area contributed by atoms with E-state index in [2.05, 4.69) is 10.2 Å². The van der Waals surface area contributed by atoms with Gasteiger partial charge in [-0.15, -0.1) is 0 Å². The summed E-state index contributed by atoms with van der Waals surface area (Å²) in [5, 5.41) is 8.15. The Kier molecular flexibility index (Phi) is 4.30. The number of nitrogens with zero attached hydrogens (tertiary/aromatic N) is 4. The van der Waals surface area contributed by atoms with Gasteiger partial charge in [0.2, 0.25) is 0 Å². The Hall–Kier alpha value is -2.15. The van der Waals surface area contributed by atoms with Gasteiger partial charge in [0, 0.05) is 38.0 Å². The van der Waals surface area contributed by atoms with E-state index in [4.69, 9.17) is 10.5 Å². The topological polar surface area (TPSA) is 88.0 Å². The lowest BCUT2D eigenvalue weighted by molar-refractivity contribution is 0.323. The summed E-state index contributed by atoms with van der Waals surface area (Å²) < 4.78 is 8.43. The first-order chi connectivity index (χ1) is 9.20. The number of aromatic nitrogens is 4. The van der Waals surface area contributed by atoms with Gasteiger partial charge in [0.05, 0.1) is 12.7 Å². The van der Waals surface area contributed by atoms with Crippen LogP contribution < -0.4 is 16.0 Å². The minimum atomic E-state index is -0.184. The molecule has 2 aromatic heterocycles. The lowest BCUT2D eigenvalue weighted by atomic mass is 10.3. The van der Waals surface area contributed by atoms with Gasteiger partial charge < -0.3 is 10.5 Å². The molecule has 2 N–H and O–H groups in total. The van der Waals surface area contributed by atoms with Crippen molar-refractivity contribution in [2.24, 2.45) is 12.8 Å². The van der Waals surface area contributed by atoms with E-state index in [0.717, 1.165) is 5.69 Å². The molecule has 0 aromatic carbocycles. The number of nitrogens with two attached hydrogens (primary N) is 1. The molecule has 0 saturated carbocycles. The Balaban J connectivity index is 2.01. The summed E-state index contributed by atoms with van der Waals surface area (Å²) >= 11 is 0. The first-order valence-electron chi connectivity index (χ1n) is 6.07. The Bertz CT molecular complexity index is 590. The highest BCUT2D eigenvalue weighted by molar-refractivity contribution is 5.13. The summed E-state index contributed by atoms with van der Waals surface area (Å²) in [7, 11) is 1.87. The van der Waals surface area contributed by atoms with Crippen molar-refractivity contribution in [3.05, 3.63) is 40.6 Å². The quantitative estimate of drug-likeness (QED) is 0.763. The second-order valence-corrected chi connectivity index (χ2v) is 4.09. The molecule has 0 aliphatic rings. The van der Waals surface area contributed by atoms with E-state index in [1.807, 2.05) is 13.1 Å². The molecular formula is C12H17N5O2. The molecule has 0 unspecified atom stereocenters. The van der Waals surface area contributed by atoms with Crippen LogP contribution in [0.15, 0.2) is 29.3 Å².